The third-order valence-electron chi connectivity index (χ3n) is 3.95. The zero-order chi connectivity index (χ0) is 15.1. The molecule has 2 amide bonds. The van der Waals surface area contributed by atoms with E-state index in [1.54, 1.807) is 4.90 Å². The first-order valence-corrected chi connectivity index (χ1v) is 7.66. The van der Waals surface area contributed by atoms with Crippen LogP contribution >= 0.6 is 11.3 Å². The number of carbonyl (C=O) groups excluding carboxylic acids is 2. The van der Waals surface area contributed by atoms with E-state index in [4.69, 9.17) is 11.5 Å². The normalized spacial score (nSPS) is 18.3. The highest BCUT2D eigenvalue weighted by Gasteiger charge is 2.31. The van der Waals surface area contributed by atoms with Crippen molar-refractivity contribution >= 4 is 38.9 Å². The van der Waals surface area contributed by atoms with Crippen molar-refractivity contribution in [2.45, 2.75) is 13.3 Å². The molecule has 1 aliphatic rings. The monoisotopic (exact) mass is 303 g/mol. The Balaban J connectivity index is 1.92. The molecule has 1 aliphatic heterocycles. The summed E-state index contributed by atoms with van der Waals surface area (Å²) in [6, 6.07) is 5.98. The highest BCUT2D eigenvalue weighted by molar-refractivity contribution is 7.21. The summed E-state index contributed by atoms with van der Waals surface area (Å²) in [6.07, 6.45) is 0.630. The summed E-state index contributed by atoms with van der Waals surface area (Å²) in [5.41, 5.74) is 13.1. The van der Waals surface area contributed by atoms with Crippen LogP contribution in [0.2, 0.25) is 0 Å². The molecule has 110 valence electrons. The average Bonchev–Trinajstić information content (AvgIpc) is 3.04. The topological polar surface area (TPSA) is 89.4 Å². The highest BCUT2D eigenvalue weighted by Crippen LogP contribution is 2.35. The van der Waals surface area contributed by atoms with Crippen molar-refractivity contribution in [1.29, 1.82) is 0 Å². The fourth-order valence-electron chi connectivity index (χ4n) is 2.71. The van der Waals surface area contributed by atoms with Gasteiger partial charge >= 0.3 is 0 Å². The number of fused-ring (bicyclic) bond motifs is 1. The zero-order valence-corrected chi connectivity index (χ0v) is 12.6. The molecule has 1 atom stereocenters. The van der Waals surface area contributed by atoms with E-state index in [0.717, 1.165) is 15.6 Å². The van der Waals surface area contributed by atoms with Crippen LogP contribution < -0.4 is 11.5 Å². The summed E-state index contributed by atoms with van der Waals surface area (Å²) >= 11 is 1.40. The number of hydrogen-bond donors (Lipinski definition) is 2. The summed E-state index contributed by atoms with van der Waals surface area (Å²) in [6.45, 7) is 2.94. The third-order valence-corrected chi connectivity index (χ3v) is 5.13. The summed E-state index contributed by atoms with van der Waals surface area (Å²) in [4.78, 5) is 26.0. The Kier molecular flexibility index (Phi) is 3.33. The molecular weight excluding hydrogens is 286 g/mol. The lowest BCUT2D eigenvalue weighted by Crippen LogP contribution is -2.31. The predicted octanol–water partition coefficient (Wildman–Crippen LogP) is 1.74. The van der Waals surface area contributed by atoms with Crippen molar-refractivity contribution < 1.29 is 9.59 Å². The van der Waals surface area contributed by atoms with E-state index in [1.807, 2.05) is 25.1 Å². The van der Waals surface area contributed by atoms with Crippen LogP contribution in [0.5, 0.6) is 0 Å². The van der Waals surface area contributed by atoms with E-state index < -0.39 is 0 Å². The molecule has 1 saturated heterocycles. The largest absolute Gasteiger partial charge is 0.397 e. The second-order valence-corrected chi connectivity index (χ2v) is 6.54. The van der Waals surface area contributed by atoms with Gasteiger partial charge in [-0.1, -0.05) is 11.6 Å². The maximum atomic E-state index is 12.6. The van der Waals surface area contributed by atoms with E-state index in [9.17, 15) is 9.59 Å². The van der Waals surface area contributed by atoms with Crippen LogP contribution in [-0.4, -0.2) is 29.8 Å². The maximum absolute atomic E-state index is 12.6. The van der Waals surface area contributed by atoms with Crippen LogP contribution in [-0.2, 0) is 4.79 Å². The Labute approximate surface area is 126 Å². The minimum atomic E-state index is -0.342. The lowest BCUT2D eigenvalue weighted by Gasteiger charge is -2.15. The number of nitrogen functional groups attached to an aromatic ring is 1. The average molecular weight is 303 g/mol. The van der Waals surface area contributed by atoms with Crippen molar-refractivity contribution in [3.05, 3.63) is 28.6 Å². The Hall–Kier alpha value is -2.08. The number of anilines is 1. The molecule has 0 bridgehead atoms. The van der Waals surface area contributed by atoms with E-state index >= 15 is 0 Å². The van der Waals surface area contributed by atoms with Gasteiger partial charge in [0.15, 0.2) is 0 Å². The zero-order valence-electron chi connectivity index (χ0n) is 11.8. The van der Waals surface area contributed by atoms with E-state index in [2.05, 4.69) is 0 Å². The van der Waals surface area contributed by atoms with Gasteiger partial charge in [0, 0.05) is 23.2 Å². The van der Waals surface area contributed by atoms with Gasteiger partial charge in [-0.25, -0.2) is 0 Å². The number of carbonyl (C=O) groups is 2. The van der Waals surface area contributed by atoms with Gasteiger partial charge < -0.3 is 16.4 Å². The summed E-state index contributed by atoms with van der Waals surface area (Å²) < 4.78 is 1.01. The maximum Gasteiger partial charge on any atom is 0.266 e. The number of amides is 2. The Morgan fingerprint density at radius 3 is 2.81 bits per heavy atom. The molecular formula is C15H17N3O2S. The van der Waals surface area contributed by atoms with Gasteiger partial charge in [-0.05, 0) is 25.5 Å². The second-order valence-electron chi connectivity index (χ2n) is 5.48. The molecule has 4 N–H and O–H groups in total. The van der Waals surface area contributed by atoms with E-state index in [-0.39, 0.29) is 17.7 Å². The lowest BCUT2D eigenvalue weighted by atomic mass is 10.1. The molecule has 2 heterocycles. The molecule has 21 heavy (non-hydrogen) atoms. The number of likely N-dealkylation sites (tertiary alicyclic amines) is 1. The van der Waals surface area contributed by atoms with Crippen molar-refractivity contribution in [3.63, 3.8) is 0 Å². The number of thiophene rings is 1. The molecule has 0 saturated carbocycles. The van der Waals surface area contributed by atoms with Gasteiger partial charge in [0.1, 0.15) is 4.88 Å². The van der Waals surface area contributed by atoms with Crippen molar-refractivity contribution in [1.82, 2.24) is 4.90 Å². The van der Waals surface area contributed by atoms with Gasteiger partial charge in [0.2, 0.25) is 5.91 Å². The van der Waals surface area contributed by atoms with Crippen molar-refractivity contribution in [2.24, 2.45) is 11.7 Å². The van der Waals surface area contributed by atoms with Gasteiger partial charge in [0.05, 0.1) is 11.6 Å². The SMILES string of the molecule is Cc1ccc2sc(C(=O)N3CCC(C(N)=O)C3)c(N)c2c1. The number of benzene rings is 1. The van der Waals surface area contributed by atoms with E-state index in [0.29, 0.717) is 30.1 Å². The van der Waals surface area contributed by atoms with Crippen molar-refractivity contribution in [2.75, 3.05) is 18.8 Å². The molecule has 0 spiro atoms. The summed E-state index contributed by atoms with van der Waals surface area (Å²) in [5, 5.41) is 0.925. The van der Waals surface area contributed by atoms with Crippen LogP contribution in [0.4, 0.5) is 5.69 Å². The molecule has 3 rings (SSSR count). The Morgan fingerprint density at radius 1 is 1.38 bits per heavy atom. The number of aryl methyl sites for hydroxylation is 1. The molecule has 1 fully saturated rings. The Morgan fingerprint density at radius 2 is 2.14 bits per heavy atom. The first-order chi connectivity index (χ1) is 9.97. The van der Waals surface area contributed by atoms with Gasteiger partial charge in [0.25, 0.3) is 5.91 Å². The molecule has 1 aromatic heterocycles. The first kappa shape index (κ1) is 13.9. The predicted molar refractivity (Wildman–Crippen MR) is 84.2 cm³/mol. The standard InChI is InChI=1S/C15H17N3O2S/c1-8-2-3-11-10(6-8)12(16)13(21-11)15(20)18-5-4-9(7-18)14(17)19/h2-3,6,9H,4-5,7,16H2,1H3,(H2,17,19). The van der Waals surface area contributed by atoms with E-state index in [1.165, 1.54) is 11.3 Å². The fraction of sp³-hybridized carbons (Fsp3) is 0.333. The quantitative estimate of drug-likeness (QED) is 0.885. The lowest BCUT2D eigenvalue weighted by molar-refractivity contribution is -0.121. The summed E-state index contributed by atoms with van der Waals surface area (Å²) in [7, 11) is 0. The number of nitrogens with zero attached hydrogens (tertiary/aromatic N) is 1. The summed E-state index contributed by atoms with van der Waals surface area (Å²) in [5.74, 6) is -0.688. The smallest absolute Gasteiger partial charge is 0.266 e. The number of rotatable bonds is 2. The fourth-order valence-corrected chi connectivity index (χ4v) is 3.78. The van der Waals surface area contributed by atoms with Gasteiger partial charge in [-0.15, -0.1) is 11.3 Å². The van der Waals surface area contributed by atoms with Gasteiger partial charge in [-0.3, -0.25) is 9.59 Å². The molecule has 1 unspecified atom stereocenters. The third kappa shape index (κ3) is 2.35. The molecule has 1 aromatic carbocycles. The molecule has 6 heteroatoms. The van der Waals surface area contributed by atoms with Crippen LogP contribution in [0.25, 0.3) is 10.1 Å². The van der Waals surface area contributed by atoms with Gasteiger partial charge in [-0.2, -0.15) is 0 Å². The van der Waals surface area contributed by atoms with Crippen LogP contribution in [0.3, 0.4) is 0 Å². The van der Waals surface area contributed by atoms with Crippen molar-refractivity contribution in [3.8, 4) is 0 Å². The van der Waals surface area contributed by atoms with Crippen LogP contribution in [0.15, 0.2) is 18.2 Å². The van der Waals surface area contributed by atoms with Crippen LogP contribution in [0, 0.1) is 12.8 Å². The number of hydrogen-bond acceptors (Lipinski definition) is 4. The Bertz CT molecular complexity index is 738. The second kappa shape index (κ2) is 5.04. The molecule has 0 radical (unpaired) electrons. The number of nitrogens with two attached hydrogens (primary N) is 2. The minimum absolute atomic E-state index is 0.102. The first-order valence-electron chi connectivity index (χ1n) is 6.84. The van der Waals surface area contributed by atoms with Crippen LogP contribution in [0.1, 0.15) is 21.7 Å². The molecule has 2 aromatic rings. The minimum Gasteiger partial charge on any atom is -0.397 e. The molecule has 0 aliphatic carbocycles. The molecule has 5 nitrogen and oxygen atoms in total. The number of primary amides is 1. The highest BCUT2D eigenvalue weighted by atomic mass is 32.1.